The lowest BCUT2D eigenvalue weighted by atomic mass is 10.1. The summed E-state index contributed by atoms with van der Waals surface area (Å²) in [6, 6.07) is 12.4. The van der Waals surface area contributed by atoms with E-state index >= 15 is 0 Å². The van der Waals surface area contributed by atoms with Gasteiger partial charge >= 0.3 is 0 Å². The highest BCUT2D eigenvalue weighted by molar-refractivity contribution is 7.92. The zero-order valence-electron chi connectivity index (χ0n) is 15.9. The zero-order chi connectivity index (χ0) is 20.0. The zero-order valence-corrected chi connectivity index (χ0v) is 16.7. The first-order chi connectivity index (χ1) is 12.8. The molecule has 8 heteroatoms. The molecule has 0 atom stereocenters. The van der Waals surface area contributed by atoms with Crippen LogP contribution in [-0.4, -0.2) is 41.3 Å². The third-order valence-corrected chi connectivity index (χ3v) is 5.25. The van der Waals surface area contributed by atoms with Crippen LogP contribution in [0.15, 0.2) is 42.5 Å². The third-order valence-electron chi connectivity index (χ3n) is 4.00. The lowest BCUT2D eigenvalue weighted by Crippen LogP contribution is -2.33. The van der Waals surface area contributed by atoms with Gasteiger partial charge < -0.3 is 14.8 Å². The molecule has 0 bridgehead atoms. The van der Waals surface area contributed by atoms with Gasteiger partial charge in [0.05, 0.1) is 31.7 Å². The molecule has 0 aliphatic rings. The molecule has 0 fully saturated rings. The number of amides is 1. The molecular weight excluding hydrogens is 368 g/mol. The number of hydrogen-bond acceptors (Lipinski definition) is 5. The number of methoxy groups -OCH3 is 2. The Balaban J connectivity index is 2.46. The lowest BCUT2D eigenvalue weighted by molar-refractivity contribution is 0.0951. The molecule has 7 nitrogen and oxygen atoms in total. The molecule has 0 spiro atoms. The number of benzene rings is 2. The summed E-state index contributed by atoms with van der Waals surface area (Å²) >= 11 is 0. The maximum atomic E-state index is 12.8. The van der Waals surface area contributed by atoms with Crippen molar-refractivity contribution in [1.29, 1.82) is 0 Å². The van der Waals surface area contributed by atoms with Crippen molar-refractivity contribution < 1.29 is 22.7 Å². The SMILES string of the molecule is CCN(c1cc(OC)c(OC)cc1C(=O)NCc1ccccc1)S(C)(=O)=O. The van der Waals surface area contributed by atoms with E-state index in [1.807, 2.05) is 30.3 Å². The molecule has 27 heavy (non-hydrogen) atoms. The van der Waals surface area contributed by atoms with Crippen molar-refractivity contribution >= 4 is 21.6 Å². The van der Waals surface area contributed by atoms with Crippen molar-refractivity contribution in [2.75, 3.05) is 31.3 Å². The molecule has 2 rings (SSSR count). The number of sulfonamides is 1. The van der Waals surface area contributed by atoms with Gasteiger partial charge in [-0.05, 0) is 18.6 Å². The topological polar surface area (TPSA) is 84.9 Å². The van der Waals surface area contributed by atoms with E-state index in [0.29, 0.717) is 18.0 Å². The Labute approximate surface area is 160 Å². The van der Waals surface area contributed by atoms with Crippen LogP contribution in [0, 0.1) is 0 Å². The van der Waals surface area contributed by atoms with Crippen LogP contribution >= 0.6 is 0 Å². The van der Waals surface area contributed by atoms with Crippen LogP contribution in [0.3, 0.4) is 0 Å². The number of nitrogens with zero attached hydrogens (tertiary/aromatic N) is 1. The number of carbonyl (C=O) groups excluding carboxylic acids is 1. The van der Waals surface area contributed by atoms with E-state index in [1.54, 1.807) is 6.92 Å². The molecule has 0 saturated carbocycles. The molecule has 0 aliphatic carbocycles. The van der Waals surface area contributed by atoms with E-state index in [1.165, 1.54) is 26.4 Å². The van der Waals surface area contributed by atoms with Crippen molar-refractivity contribution in [3.05, 3.63) is 53.6 Å². The molecule has 0 aliphatic heterocycles. The Morgan fingerprint density at radius 3 is 2.19 bits per heavy atom. The van der Waals surface area contributed by atoms with Crippen molar-refractivity contribution in [3.63, 3.8) is 0 Å². The summed E-state index contributed by atoms with van der Waals surface area (Å²) in [5, 5.41) is 2.82. The number of nitrogens with one attached hydrogen (secondary N) is 1. The number of carbonyl (C=O) groups is 1. The molecule has 0 unspecified atom stereocenters. The average Bonchev–Trinajstić information content (AvgIpc) is 2.65. The number of rotatable bonds is 8. The first kappa shape index (κ1) is 20.6. The Morgan fingerprint density at radius 1 is 1.07 bits per heavy atom. The summed E-state index contributed by atoms with van der Waals surface area (Å²) in [4.78, 5) is 12.8. The maximum Gasteiger partial charge on any atom is 0.253 e. The summed E-state index contributed by atoms with van der Waals surface area (Å²) < 4.78 is 36.1. The second-order valence-electron chi connectivity index (χ2n) is 5.82. The molecule has 0 saturated heterocycles. The fourth-order valence-corrected chi connectivity index (χ4v) is 3.69. The van der Waals surface area contributed by atoms with Gasteiger partial charge in [-0.1, -0.05) is 30.3 Å². The van der Waals surface area contributed by atoms with Crippen LogP contribution in [0.2, 0.25) is 0 Å². The predicted molar refractivity (Wildman–Crippen MR) is 105 cm³/mol. The van der Waals surface area contributed by atoms with E-state index in [4.69, 9.17) is 9.47 Å². The number of ether oxygens (including phenoxy) is 2. The van der Waals surface area contributed by atoms with Crippen LogP contribution in [0.25, 0.3) is 0 Å². The maximum absolute atomic E-state index is 12.8. The van der Waals surface area contributed by atoms with Crippen LogP contribution in [0.1, 0.15) is 22.8 Å². The summed E-state index contributed by atoms with van der Waals surface area (Å²) in [6.07, 6.45) is 1.10. The Hall–Kier alpha value is -2.74. The average molecular weight is 392 g/mol. The van der Waals surface area contributed by atoms with Crippen molar-refractivity contribution in [1.82, 2.24) is 5.32 Å². The molecule has 0 radical (unpaired) electrons. The lowest BCUT2D eigenvalue weighted by Gasteiger charge is -2.24. The summed E-state index contributed by atoms with van der Waals surface area (Å²) in [6.45, 7) is 2.19. The van der Waals surface area contributed by atoms with Gasteiger partial charge in [-0.25, -0.2) is 8.42 Å². The Kier molecular flexibility index (Phi) is 6.68. The fraction of sp³-hybridized carbons (Fsp3) is 0.316. The third kappa shape index (κ3) is 4.91. The molecule has 1 N–H and O–H groups in total. The van der Waals surface area contributed by atoms with E-state index in [-0.39, 0.29) is 17.8 Å². The largest absolute Gasteiger partial charge is 0.493 e. The van der Waals surface area contributed by atoms with Crippen LogP contribution in [-0.2, 0) is 16.6 Å². The van der Waals surface area contributed by atoms with Gasteiger partial charge in [0.2, 0.25) is 10.0 Å². The summed E-state index contributed by atoms with van der Waals surface area (Å²) in [5.41, 5.74) is 1.36. The molecule has 2 aromatic carbocycles. The van der Waals surface area contributed by atoms with Crippen molar-refractivity contribution in [2.45, 2.75) is 13.5 Å². The molecule has 0 heterocycles. The summed E-state index contributed by atoms with van der Waals surface area (Å²) in [5.74, 6) is 0.279. The van der Waals surface area contributed by atoms with E-state index in [2.05, 4.69) is 5.32 Å². The first-order valence-corrected chi connectivity index (χ1v) is 10.2. The normalized spacial score (nSPS) is 11.0. The Morgan fingerprint density at radius 2 is 1.67 bits per heavy atom. The highest BCUT2D eigenvalue weighted by atomic mass is 32.2. The second-order valence-corrected chi connectivity index (χ2v) is 7.73. The van der Waals surface area contributed by atoms with E-state index < -0.39 is 15.9 Å². The minimum absolute atomic E-state index is 0.174. The monoisotopic (exact) mass is 392 g/mol. The quantitative estimate of drug-likeness (QED) is 0.746. The van der Waals surface area contributed by atoms with Gasteiger partial charge in [0.1, 0.15) is 0 Å². The molecular formula is C19H24N2O5S. The minimum atomic E-state index is -3.58. The van der Waals surface area contributed by atoms with Gasteiger partial charge in [0.15, 0.2) is 11.5 Å². The van der Waals surface area contributed by atoms with Gasteiger partial charge in [-0.15, -0.1) is 0 Å². The van der Waals surface area contributed by atoms with Gasteiger partial charge in [-0.2, -0.15) is 0 Å². The Bertz CT molecular complexity index is 898. The first-order valence-electron chi connectivity index (χ1n) is 8.37. The van der Waals surface area contributed by atoms with E-state index in [0.717, 1.165) is 16.1 Å². The molecule has 2 aromatic rings. The number of hydrogen-bond donors (Lipinski definition) is 1. The molecule has 146 valence electrons. The van der Waals surface area contributed by atoms with Gasteiger partial charge in [-0.3, -0.25) is 9.10 Å². The number of anilines is 1. The van der Waals surface area contributed by atoms with Gasteiger partial charge in [0.25, 0.3) is 5.91 Å². The standard InChI is InChI=1S/C19H24N2O5S/c1-5-21(27(4,23)24)16-12-18(26-3)17(25-2)11-15(16)19(22)20-13-14-9-7-6-8-10-14/h6-12H,5,13H2,1-4H3,(H,20,22). The van der Waals surface area contributed by atoms with Crippen molar-refractivity contribution in [2.24, 2.45) is 0 Å². The minimum Gasteiger partial charge on any atom is -0.493 e. The highest BCUT2D eigenvalue weighted by Crippen LogP contribution is 2.36. The summed E-state index contributed by atoms with van der Waals surface area (Å²) in [7, 11) is -0.671. The molecule has 1 amide bonds. The fourth-order valence-electron chi connectivity index (χ4n) is 2.71. The molecule has 0 aromatic heterocycles. The van der Waals surface area contributed by atoms with Crippen molar-refractivity contribution in [3.8, 4) is 11.5 Å². The van der Waals surface area contributed by atoms with Crippen LogP contribution in [0.5, 0.6) is 11.5 Å². The predicted octanol–water partition coefficient (Wildman–Crippen LogP) is 2.42. The van der Waals surface area contributed by atoms with Crippen LogP contribution in [0.4, 0.5) is 5.69 Å². The second kappa shape index (κ2) is 8.77. The van der Waals surface area contributed by atoms with Gasteiger partial charge in [0, 0.05) is 19.2 Å². The highest BCUT2D eigenvalue weighted by Gasteiger charge is 2.25. The van der Waals surface area contributed by atoms with E-state index in [9.17, 15) is 13.2 Å². The van der Waals surface area contributed by atoms with Crippen LogP contribution < -0.4 is 19.1 Å². The smallest absolute Gasteiger partial charge is 0.253 e.